The predicted molar refractivity (Wildman–Crippen MR) is 121 cm³/mol. The van der Waals surface area contributed by atoms with Crippen molar-refractivity contribution in [1.29, 1.82) is 0 Å². The van der Waals surface area contributed by atoms with Gasteiger partial charge in [0, 0.05) is 63.9 Å². The minimum absolute atomic E-state index is 0.885. The summed E-state index contributed by atoms with van der Waals surface area (Å²) in [5.74, 6) is 2.12. The van der Waals surface area contributed by atoms with Crippen LogP contribution in [0.15, 0.2) is 67.1 Å². The van der Waals surface area contributed by atoms with Gasteiger partial charge in [-0.05, 0) is 35.9 Å². The van der Waals surface area contributed by atoms with E-state index in [4.69, 9.17) is 5.10 Å². The van der Waals surface area contributed by atoms with Gasteiger partial charge >= 0.3 is 0 Å². The highest BCUT2D eigenvalue weighted by Crippen LogP contribution is 2.29. The summed E-state index contributed by atoms with van der Waals surface area (Å²) < 4.78 is 1.97. The van der Waals surface area contributed by atoms with Crippen LogP contribution in [0.1, 0.15) is 0 Å². The number of hydrogen-bond acceptors (Lipinski definition) is 6. The molecule has 30 heavy (non-hydrogen) atoms. The van der Waals surface area contributed by atoms with Crippen molar-refractivity contribution in [3.8, 4) is 11.1 Å². The Morgan fingerprint density at radius 1 is 0.833 bits per heavy atom. The average molecular weight is 400 g/mol. The fourth-order valence-electron chi connectivity index (χ4n) is 3.98. The maximum absolute atomic E-state index is 4.69. The normalized spacial score (nSPS) is 14.3. The van der Waals surface area contributed by atoms with Crippen LogP contribution < -0.4 is 14.7 Å². The molecule has 7 nitrogen and oxygen atoms in total. The number of fused-ring (bicyclic) bond motifs is 1. The van der Waals surface area contributed by atoms with E-state index in [-0.39, 0.29) is 0 Å². The molecule has 0 radical (unpaired) electrons. The van der Waals surface area contributed by atoms with Crippen LogP contribution >= 0.6 is 0 Å². The van der Waals surface area contributed by atoms with Gasteiger partial charge in [0.25, 0.3) is 0 Å². The Morgan fingerprint density at radius 2 is 1.67 bits per heavy atom. The van der Waals surface area contributed by atoms with E-state index >= 15 is 0 Å². The van der Waals surface area contributed by atoms with Crippen molar-refractivity contribution in [3.63, 3.8) is 0 Å². The van der Waals surface area contributed by atoms with Gasteiger partial charge in [0.1, 0.15) is 11.6 Å². The SMILES string of the molecule is CN(C)c1cccc(-c2cnn3c(N4CCN(c5ccccn5)CC4)ccnc23)c1. The molecule has 152 valence electrons. The van der Waals surface area contributed by atoms with Gasteiger partial charge in [-0.3, -0.25) is 0 Å². The molecule has 1 aromatic carbocycles. The van der Waals surface area contributed by atoms with E-state index in [9.17, 15) is 0 Å². The lowest BCUT2D eigenvalue weighted by Gasteiger charge is -2.36. The second kappa shape index (κ2) is 7.67. The Morgan fingerprint density at radius 3 is 2.43 bits per heavy atom. The Kier molecular flexibility index (Phi) is 4.71. The lowest BCUT2D eigenvalue weighted by Crippen LogP contribution is -2.47. The van der Waals surface area contributed by atoms with Crippen LogP contribution in [0.4, 0.5) is 17.3 Å². The third-order valence-electron chi connectivity index (χ3n) is 5.63. The molecule has 0 bridgehead atoms. The number of rotatable bonds is 4. The molecule has 4 aromatic rings. The molecule has 0 unspecified atom stereocenters. The molecule has 1 saturated heterocycles. The monoisotopic (exact) mass is 399 g/mol. The summed E-state index contributed by atoms with van der Waals surface area (Å²) in [5, 5.41) is 4.69. The van der Waals surface area contributed by atoms with Gasteiger partial charge in [-0.25, -0.2) is 9.97 Å². The molecule has 0 amide bonds. The number of nitrogens with zero attached hydrogens (tertiary/aromatic N) is 7. The maximum Gasteiger partial charge on any atom is 0.165 e. The molecule has 0 saturated carbocycles. The summed E-state index contributed by atoms with van der Waals surface area (Å²) in [4.78, 5) is 15.9. The Labute approximate surface area is 176 Å². The number of aromatic nitrogens is 4. The predicted octanol–water partition coefficient (Wildman–Crippen LogP) is 3.18. The zero-order chi connectivity index (χ0) is 20.5. The average Bonchev–Trinajstić information content (AvgIpc) is 3.24. The highest BCUT2D eigenvalue weighted by atomic mass is 15.4. The van der Waals surface area contributed by atoms with Gasteiger partial charge < -0.3 is 14.7 Å². The van der Waals surface area contributed by atoms with Gasteiger partial charge in [0.15, 0.2) is 5.65 Å². The fraction of sp³-hybridized carbons (Fsp3) is 0.261. The molecule has 4 heterocycles. The first kappa shape index (κ1) is 18.4. The number of pyridine rings is 1. The van der Waals surface area contributed by atoms with E-state index in [1.165, 1.54) is 0 Å². The third kappa shape index (κ3) is 3.32. The molecule has 5 rings (SSSR count). The molecule has 0 spiro atoms. The smallest absolute Gasteiger partial charge is 0.165 e. The third-order valence-corrected chi connectivity index (χ3v) is 5.63. The summed E-state index contributed by atoms with van der Waals surface area (Å²) in [7, 11) is 4.10. The minimum Gasteiger partial charge on any atom is -0.378 e. The van der Waals surface area contributed by atoms with Crippen molar-refractivity contribution in [1.82, 2.24) is 19.6 Å². The van der Waals surface area contributed by atoms with Crippen LogP contribution in [0, 0.1) is 0 Å². The van der Waals surface area contributed by atoms with E-state index in [1.807, 2.05) is 35.2 Å². The fourth-order valence-corrected chi connectivity index (χ4v) is 3.98. The zero-order valence-electron chi connectivity index (χ0n) is 17.3. The maximum atomic E-state index is 4.69. The second-order valence-corrected chi connectivity index (χ2v) is 7.70. The van der Waals surface area contributed by atoms with Crippen molar-refractivity contribution in [2.75, 3.05) is 55.0 Å². The molecule has 0 aliphatic carbocycles. The van der Waals surface area contributed by atoms with Gasteiger partial charge in [-0.15, -0.1) is 0 Å². The minimum atomic E-state index is 0.885. The van der Waals surface area contributed by atoms with Crippen LogP contribution in [0.5, 0.6) is 0 Å². The number of benzene rings is 1. The molecule has 3 aromatic heterocycles. The van der Waals surface area contributed by atoms with Crippen LogP contribution in [-0.2, 0) is 0 Å². The van der Waals surface area contributed by atoms with E-state index in [2.05, 4.69) is 75.2 Å². The van der Waals surface area contributed by atoms with E-state index < -0.39 is 0 Å². The van der Waals surface area contributed by atoms with E-state index in [0.717, 1.165) is 60.3 Å². The van der Waals surface area contributed by atoms with E-state index in [0.29, 0.717) is 0 Å². The van der Waals surface area contributed by atoms with Gasteiger partial charge in [-0.1, -0.05) is 18.2 Å². The Bertz CT molecular complexity index is 1140. The molecule has 0 atom stereocenters. The molecule has 1 fully saturated rings. The van der Waals surface area contributed by atoms with Crippen LogP contribution in [0.3, 0.4) is 0 Å². The molecular weight excluding hydrogens is 374 g/mol. The Balaban J connectivity index is 1.43. The first-order valence-corrected chi connectivity index (χ1v) is 10.2. The molecule has 1 aliphatic heterocycles. The summed E-state index contributed by atoms with van der Waals surface area (Å²) in [6.45, 7) is 3.70. The lowest BCUT2D eigenvalue weighted by molar-refractivity contribution is 0.633. The summed E-state index contributed by atoms with van der Waals surface area (Å²) >= 11 is 0. The zero-order valence-corrected chi connectivity index (χ0v) is 17.3. The summed E-state index contributed by atoms with van der Waals surface area (Å²) in [5.41, 5.74) is 4.22. The largest absolute Gasteiger partial charge is 0.378 e. The first-order chi connectivity index (χ1) is 14.7. The lowest BCUT2D eigenvalue weighted by atomic mass is 10.1. The number of anilines is 3. The van der Waals surface area contributed by atoms with Gasteiger partial charge in [0.2, 0.25) is 0 Å². The van der Waals surface area contributed by atoms with Crippen LogP contribution in [-0.4, -0.2) is 59.9 Å². The number of hydrogen-bond donors (Lipinski definition) is 0. The van der Waals surface area contributed by atoms with Crippen molar-refractivity contribution in [2.45, 2.75) is 0 Å². The highest BCUT2D eigenvalue weighted by molar-refractivity contribution is 5.80. The summed E-state index contributed by atoms with van der Waals surface area (Å²) in [6.07, 6.45) is 5.66. The van der Waals surface area contributed by atoms with Crippen molar-refractivity contribution in [3.05, 3.63) is 67.1 Å². The standard InChI is InChI=1S/C23H25N7/c1-27(2)19-7-5-6-18(16-19)20-17-26-30-22(9-11-25-23(20)30)29-14-12-28(13-15-29)21-8-3-4-10-24-21/h3-11,16-17H,12-15H2,1-2H3. The van der Waals surface area contributed by atoms with Crippen LogP contribution in [0.2, 0.25) is 0 Å². The van der Waals surface area contributed by atoms with Gasteiger partial charge in [0.05, 0.1) is 6.20 Å². The molecule has 1 aliphatic rings. The quantitative estimate of drug-likeness (QED) is 0.525. The second-order valence-electron chi connectivity index (χ2n) is 7.70. The molecule has 7 heteroatoms. The summed E-state index contributed by atoms with van der Waals surface area (Å²) in [6, 6.07) is 16.6. The van der Waals surface area contributed by atoms with Gasteiger partial charge in [-0.2, -0.15) is 9.61 Å². The van der Waals surface area contributed by atoms with Crippen molar-refractivity contribution in [2.24, 2.45) is 0 Å². The van der Waals surface area contributed by atoms with Crippen molar-refractivity contribution >= 4 is 23.0 Å². The van der Waals surface area contributed by atoms with Crippen LogP contribution in [0.25, 0.3) is 16.8 Å². The molecular formula is C23H25N7. The Hall–Kier alpha value is -3.61. The highest BCUT2D eigenvalue weighted by Gasteiger charge is 2.21. The first-order valence-electron chi connectivity index (χ1n) is 10.2. The number of piperazine rings is 1. The molecule has 0 N–H and O–H groups in total. The van der Waals surface area contributed by atoms with E-state index in [1.54, 1.807) is 0 Å². The van der Waals surface area contributed by atoms with Crippen molar-refractivity contribution < 1.29 is 0 Å². The topological polar surface area (TPSA) is 52.8 Å².